The highest BCUT2D eigenvalue weighted by Crippen LogP contribution is 2.34. The fourth-order valence-electron chi connectivity index (χ4n) is 4.53. The van der Waals surface area contributed by atoms with Gasteiger partial charge in [-0.2, -0.15) is 0 Å². The minimum absolute atomic E-state index is 0. The Bertz CT molecular complexity index is 618. The molecule has 1 saturated heterocycles. The molecule has 0 amide bonds. The first-order chi connectivity index (χ1) is 14.8. The summed E-state index contributed by atoms with van der Waals surface area (Å²) in [7, 11) is 0. The minimum atomic E-state index is 0. The Balaban J connectivity index is 0.00000341. The molecule has 1 aromatic heterocycles. The highest BCUT2D eigenvalue weighted by Gasteiger charge is 2.38. The number of pyridine rings is 1. The van der Waals surface area contributed by atoms with E-state index in [1.165, 1.54) is 32.1 Å². The molecule has 1 aliphatic heterocycles. The van der Waals surface area contributed by atoms with Crippen LogP contribution < -0.4 is 16.0 Å². The molecule has 2 fully saturated rings. The average Bonchev–Trinajstić information content (AvgIpc) is 2.81. The Hall–Kier alpha value is -1.13. The maximum absolute atomic E-state index is 5.60. The summed E-state index contributed by atoms with van der Waals surface area (Å²) in [6.45, 7) is 9.57. The Morgan fingerprint density at radius 3 is 2.58 bits per heavy atom. The molecule has 0 radical (unpaired) electrons. The van der Waals surface area contributed by atoms with Crippen molar-refractivity contribution in [2.45, 2.75) is 57.4 Å². The summed E-state index contributed by atoms with van der Waals surface area (Å²) in [6, 6.07) is 5.95. The number of halogens is 1. The zero-order valence-electron chi connectivity index (χ0n) is 19.1. The van der Waals surface area contributed by atoms with Gasteiger partial charge in [-0.3, -0.25) is 9.89 Å². The van der Waals surface area contributed by atoms with Gasteiger partial charge in [0, 0.05) is 44.5 Å². The van der Waals surface area contributed by atoms with Gasteiger partial charge in [0.2, 0.25) is 0 Å². The van der Waals surface area contributed by atoms with E-state index in [9.17, 15) is 0 Å². The third-order valence-corrected chi connectivity index (χ3v) is 6.21. The lowest BCUT2D eigenvalue weighted by Gasteiger charge is -2.47. The van der Waals surface area contributed by atoms with Crippen LogP contribution in [0.3, 0.4) is 0 Å². The van der Waals surface area contributed by atoms with Crippen molar-refractivity contribution in [2.24, 2.45) is 4.99 Å². The highest BCUT2D eigenvalue weighted by molar-refractivity contribution is 14.0. The molecule has 8 heteroatoms. The van der Waals surface area contributed by atoms with Crippen LogP contribution in [0.1, 0.15) is 51.9 Å². The van der Waals surface area contributed by atoms with E-state index in [1.807, 2.05) is 24.4 Å². The van der Waals surface area contributed by atoms with Crippen LogP contribution in [0.25, 0.3) is 0 Å². The Labute approximate surface area is 205 Å². The SMILES string of the molecule is CCNC(=NCC1(N2CCOCC2)CCCCC1)NCCCCNc1ccccn1.I. The number of morpholine rings is 1. The number of guanidine groups is 1. The van der Waals surface area contributed by atoms with Crippen molar-refractivity contribution in [3.05, 3.63) is 24.4 Å². The van der Waals surface area contributed by atoms with Gasteiger partial charge in [0.1, 0.15) is 5.82 Å². The largest absolute Gasteiger partial charge is 0.379 e. The minimum Gasteiger partial charge on any atom is -0.379 e. The molecule has 3 N–H and O–H groups in total. The monoisotopic (exact) mass is 544 g/mol. The van der Waals surface area contributed by atoms with Crippen LogP contribution in [0.15, 0.2) is 29.4 Å². The van der Waals surface area contributed by atoms with Crippen LogP contribution >= 0.6 is 24.0 Å². The van der Waals surface area contributed by atoms with Gasteiger partial charge in [-0.25, -0.2) is 4.98 Å². The summed E-state index contributed by atoms with van der Waals surface area (Å²) in [5.41, 5.74) is 0.219. The Morgan fingerprint density at radius 1 is 1.10 bits per heavy atom. The number of nitrogens with one attached hydrogen (secondary N) is 3. The lowest BCUT2D eigenvalue weighted by Crippen LogP contribution is -2.56. The van der Waals surface area contributed by atoms with E-state index < -0.39 is 0 Å². The molecule has 0 unspecified atom stereocenters. The van der Waals surface area contributed by atoms with Crippen molar-refractivity contribution in [3.63, 3.8) is 0 Å². The molecule has 2 heterocycles. The van der Waals surface area contributed by atoms with Crippen molar-refractivity contribution in [3.8, 4) is 0 Å². The van der Waals surface area contributed by atoms with Gasteiger partial charge in [-0.15, -0.1) is 24.0 Å². The van der Waals surface area contributed by atoms with Crippen LogP contribution in [0.2, 0.25) is 0 Å². The Morgan fingerprint density at radius 2 is 1.87 bits per heavy atom. The van der Waals surface area contributed by atoms with Gasteiger partial charge >= 0.3 is 0 Å². The topological polar surface area (TPSA) is 73.8 Å². The molecule has 31 heavy (non-hydrogen) atoms. The van der Waals surface area contributed by atoms with Crippen LogP contribution in [-0.4, -0.2) is 73.9 Å². The number of rotatable bonds is 10. The summed E-state index contributed by atoms with van der Waals surface area (Å²) in [4.78, 5) is 12.0. The molecule has 1 aromatic rings. The summed E-state index contributed by atoms with van der Waals surface area (Å²) >= 11 is 0. The maximum atomic E-state index is 5.60. The molecular formula is C23H41IN6O. The van der Waals surface area contributed by atoms with Crippen molar-refractivity contribution in [2.75, 3.05) is 57.8 Å². The summed E-state index contributed by atoms with van der Waals surface area (Å²) in [5.74, 6) is 1.90. The molecule has 1 saturated carbocycles. The fourth-order valence-corrected chi connectivity index (χ4v) is 4.53. The van der Waals surface area contributed by atoms with E-state index in [-0.39, 0.29) is 29.5 Å². The van der Waals surface area contributed by atoms with Crippen LogP contribution in [0.4, 0.5) is 5.82 Å². The first-order valence-corrected chi connectivity index (χ1v) is 11.8. The van der Waals surface area contributed by atoms with E-state index in [1.54, 1.807) is 0 Å². The lowest BCUT2D eigenvalue weighted by atomic mass is 9.80. The quantitative estimate of drug-likeness (QED) is 0.181. The van der Waals surface area contributed by atoms with E-state index in [2.05, 4.69) is 32.8 Å². The number of nitrogens with zero attached hydrogens (tertiary/aromatic N) is 3. The van der Waals surface area contributed by atoms with Crippen LogP contribution in [0.5, 0.6) is 0 Å². The van der Waals surface area contributed by atoms with E-state index in [0.717, 1.165) is 77.1 Å². The van der Waals surface area contributed by atoms with E-state index >= 15 is 0 Å². The van der Waals surface area contributed by atoms with Gasteiger partial charge in [-0.05, 0) is 44.7 Å². The van der Waals surface area contributed by atoms with Gasteiger partial charge in [0.15, 0.2) is 5.96 Å². The molecule has 2 aliphatic rings. The number of aromatic nitrogens is 1. The second kappa shape index (κ2) is 14.8. The van der Waals surface area contributed by atoms with Gasteiger partial charge < -0.3 is 20.7 Å². The van der Waals surface area contributed by atoms with Gasteiger partial charge in [-0.1, -0.05) is 25.3 Å². The lowest BCUT2D eigenvalue weighted by molar-refractivity contribution is -0.0333. The maximum Gasteiger partial charge on any atom is 0.191 e. The van der Waals surface area contributed by atoms with Crippen LogP contribution in [-0.2, 0) is 4.74 Å². The second-order valence-corrected chi connectivity index (χ2v) is 8.36. The molecular weight excluding hydrogens is 503 g/mol. The Kier molecular flexibility index (Phi) is 12.5. The van der Waals surface area contributed by atoms with Gasteiger partial charge in [0.05, 0.1) is 19.8 Å². The summed E-state index contributed by atoms with van der Waals surface area (Å²) in [5, 5.41) is 10.3. The third kappa shape index (κ3) is 8.73. The van der Waals surface area contributed by atoms with E-state index in [0.29, 0.717) is 0 Å². The number of unbranched alkanes of at least 4 members (excludes halogenated alkanes) is 1. The number of aliphatic imine (C=N–C) groups is 1. The zero-order chi connectivity index (χ0) is 20.9. The number of anilines is 1. The number of hydrogen-bond acceptors (Lipinski definition) is 5. The molecule has 1 aliphatic carbocycles. The molecule has 3 rings (SSSR count). The number of ether oxygens (including phenoxy) is 1. The smallest absolute Gasteiger partial charge is 0.191 e. The van der Waals surface area contributed by atoms with Crippen molar-refractivity contribution in [1.29, 1.82) is 0 Å². The molecule has 0 aromatic carbocycles. The molecule has 0 bridgehead atoms. The van der Waals surface area contributed by atoms with Crippen molar-refractivity contribution < 1.29 is 4.74 Å². The highest BCUT2D eigenvalue weighted by atomic mass is 127. The molecule has 0 atom stereocenters. The molecule has 7 nitrogen and oxygen atoms in total. The standard InChI is InChI=1S/C23H40N6O.HI/c1-2-24-22(27-15-9-8-14-26-21-10-4-7-13-25-21)28-20-23(11-5-3-6-12-23)29-16-18-30-19-17-29;/h4,7,10,13H,2-3,5-6,8-9,11-12,14-20H2,1H3,(H,25,26)(H2,24,27,28);1H. The fraction of sp³-hybridized carbons (Fsp3) is 0.739. The number of hydrogen-bond donors (Lipinski definition) is 3. The third-order valence-electron chi connectivity index (χ3n) is 6.21. The van der Waals surface area contributed by atoms with Crippen molar-refractivity contribution >= 4 is 35.8 Å². The normalized spacial score (nSPS) is 19.3. The summed E-state index contributed by atoms with van der Waals surface area (Å²) < 4.78 is 5.60. The van der Waals surface area contributed by atoms with Crippen LogP contribution in [0, 0.1) is 0 Å². The molecule has 176 valence electrons. The predicted molar refractivity (Wildman–Crippen MR) is 140 cm³/mol. The van der Waals surface area contributed by atoms with Gasteiger partial charge in [0.25, 0.3) is 0 Å². The predicted octanol–water partition coefficient (Wildman–Crippen LogP) is 3.48. The zero-order valence-corrected chi connectivity index (χ0v) is 21.4. The average molecular weight is 545 g/mol. The van der Waals surface area contributed by atoms with Crippen molar-refractivity contribution in [1.82, 2.24) is 20.5 Å². The summed E-state index contributed by atoms with van der Waals surface area (Å²) in [6.07, 6.45) is 10.5. The first kappa shape index (κ1) is 26.1. The van der Waals surface area contributed by atoms with E-state index in [4.69, 9.17) is 9.73 Å². The second-order valence-electron chi connectivity index (χ2n) is 8.36. The first-order valence-electron chi connectivity index (χ1n) is 11.8. The molecule has 0 spiro atoms.